The molecule has 0 bridgehead atoms. The molecular weight excluding hydrogens is 649 g/mol. The van der Waals surface area contributed by atoms with Crippen molar-refractivity contribution in [3.8, 4) is 28.6 Å². The summed E-state index contributed by atoms with van der Waals surface area (Å²) in [7, 11) is 0. The summed E-state index contributed by atoms with van der Waals surface area (Å²) in [4.78, 5) is 4.00. The SMILES string of the molecule is [C-]#[N+]c1cc(C#N)c(-n2c3ccccc3c3cc(-c4ccc5c(c4)oc4ccccc45)ccc32)cc1-n1c2ccccc2c2c3ccccc3ccc21. The van der Waals surface area contributed by atoms with E-state index in [0.717, 1.165) is 98.8 Å². The van der Waals surface area contributed by atoms with Gasteiger partial charge < -0.3 is 13.6 Å². The minimum absolute atomic E-state index is 0.421. The van der Waals surface area contributed by atoms with Gasteiger partial charge in [-0.15, -0.1) is 0 Å². The monoisotopic (exact) mass is 674 g/mol. The molecule has 8 aromatic carbocycles. The maximum absolute atomic E-state index is 10.6. The van der Waals surface area contributed by atoms with Crippen LogP contribution in [0.4, 0.5) is 5.69 Å². The Hall–Kier alpha value is -7.60. The number of benzene rings is 8. The second kappa shape index (κ2) is 10.9. The highest BCUT2D eigenvalue weighted by molar-refractivity contribution is 6.21. The quantitative estimate of drug-likeness (QED) is 0.175. The lowest BCUT2D eigenvalue weighted by Crippen LogP contribution is -2.02. The molecule has 0 amide bonds. The van der Waals surface area contributed by atoms with Crippen molar-refractivity contribution in [2.75, 3.05) is 0 Å². The van der Waals surface area contributed by atoms with Crippen molar-refractivity contribution < 1.29 is 4.42 Å². The number of rotatable bonds is 3. The van der Waals surface area contributed by atoms with Crippen LogP contribution in [-0.4, -0.2) is 9.13 Å². The number of furan rings is 1. The molecule has 0 N–H and O–H groups in total. The van der Waals surface area contributed by atoms with E-state index in [1.807, 2.05) is 36.4 Å². The van der Waals surface area contributed by atoms with E-state index in [0.29, 0.717) is 11.3 Å². The van der Waals surface area contributed by atoms with Gasteiger partial charge in [0.1, 0.15) is 11.2 Å². The van der Waals surface area contributed by atoms with Gasteiger partial charge in [0.05, 0.1) is 51.6 Å². The summed E-state index contributed by atoms with van der Waals surface area (Å²) in [5.41, 5.74) is 10.2. The van der Waals surface area contributed by atoms with Crippen molar-refractivity contribution in [1.29, 1.82) is 5.26 Å². The molecule has 0 unspecified atom stereocenters. The number of hydrogen-bond donors (Lipinski definition) is 0. The van der Waals surface area contributed by atoms with Crippen LogP contribution in [0.25, 0.3) is 104 Å². The van der Waals surface area contributed by atoms with Gasteiger partial charge in [-0.05, 0) is 82.6 Å². The normalized spacial score (nSPS) is 11.7. The summed E-state index contributed by atoms with van der Waals surface area (Å²) in [5, 5.41) is 19.6. The molecule has 11 rings (SSSR count). The van der Waals surface area contributed by atoms with Crippen LogP contribution in [0, 0.1) is 17.9 Å². The van der Waals surface area contributed by atoms with Crippen LogP contribution in [0.1, 0.15) is 5.56 Å². The second-order valence-electron chi connectivity index (χ2n) is 13.5. The third-order valence-corrected chi connectivity index (χ3v) is 10.8. The smallest absolute Gasteiger partial charge is 0.212 e. The molecule has 5 heteroatoms. The Balaban J connectivity index is 1.17. The molecule has 3 aromatic heterocycles. The first-order valence-corrected chi connectivity index (χ1v) is 17.5. The van der Waals surface area contributed by atoms with Crippen molar-refractivity contribution in [3.05, 3.63) is 175 Å². The van der Waals surface area contributed by atoms with Gasteiger partial charge in [-0.25, -0.2) is 4.85 Å². The van der Waals surface area contributed by atoms with E-state index >= 15 is 0 Å². The Labute approximate surface area is 303 Å². The molecule has 0 aliphatic rings. The Kier molecular flexibility index (Phi) is 6.02. The van der Waals surface area contributed by atoms with E-state index in [1.165, 1.54) is 0 Å². The maximum Gasteiger partial charge on any atom is 0.212 e. The largest absolute Gasteiger partial charge is 0.456 e. The average molecular weight is 675 g/mol. The lowest BCUT2D eigenvalue weighted by Gasteiger charge is -2.16. The van der Waals surface area contributed by atoms with E-state index < -0.39 is 0 Å². The highest BCUT2D eigenvalue weighted by Crippen LogP contribution is 2.43. The van der Waals surface area contributed by atoms with Crippen LogP contribution in [0.3, 0.4) is 0 Å². The van der Waals surface area contributed by atoms with Gasteiger partial charge in [-0.1, -0.05) is 97.1 Å². The van der Waals surface area contributed by atoms with E-state index in [-0.39, 0.29) is 0 Å². The van der Waals surface area contributed by atoms with Gasteiger partial charge in [0.25, 0.3) is 0 Å². The molecule has 0 fully saturated rings. The molecule has 5 nitrogen and oxygen atoms in total. The number of para-hydroxylation sites is 3. The summed E-state index contributed by atoms with van der Waals surface area (Å²) in [6, 6.07) is 56.7. The van der Waals surface area contributed by atoms with Gasteiger partial charge in [0.15, 0.2) is 0 Å². The molecule has 53 heavy (non-hydrogen) atoms. The number of nitriles is 1. The molecule has 0 saturated heterocycles. The van der Waals surface area contributed by atoms with Gasteiger partial charge >= 0.3 is 0 Å². The predicted octanol–water partition coefficient (Wildman–Crippen LogP) is 13.0. The molecule has 11 aromatic rings. The van der Waals surface area contributed by atoms with Crippen molar-refractivity contribution in [2.24, 2.45) is 0 Å². The minimum Gasteiger partial charge on any atom is -0.456 e. The van der Waals surface area contributed by atoms with Gasteiger partial charge in [-0.3, -0.25) is 0 Å². The highest BCUT2D eigenvalue weighted by Gasteiger charge is 2.22. The van der Waals surface area contributed by atoms with Crippen LogP contribution >= 0.6 is 0 Å². The van der Waals surface area contributed by atoms with Crippen molar-refractivity contribution in [1.82, 2.24) is 9.13 Å². The second-order valence-corrected chi connectivity index (χ2v) is 13.5. The average Bonchev–Trinajstić information content (AvgIpc) is 3.87. The Morgan fingerprint density at radius 1 is 0.491 bits per heavy atom. The third kappa shape index (κ3) is 4.11. The van der Waals surface area contributed by atoms with Gasteiger partial charge in [-0.2, -0.15) is 5.26 Å². The first kappa shape index (κ1) is 29.2. The minimum atomic E-state index is 0.421. The lowest BCUT2D eigenvalue weighted by atomic mass is 10.0. The molecule has 0 aliphatic carbocycles. The Bertz CT molecular complexity index is 3440. The zero-order valence-corrected chi connectivity index (χ0v) is 28.2. The van der Waals surface area contributed by atoms with Crippen LogP contribution in [-0.2, 0) is 0 Å². The maximum atomic E-state index is 10.6. The van der Waals surface area contributed by atoms with Crippen molar-refractivity contribution in [2.45, 2.75) is 0 Å². The number of aromatic nitrogens is 2. The fourth-order valence-corrected chi connectivity index (χ4v) is 8.43. The molecular formula is C48H26N4O. The van der Waals surface area contributed by atoms with Crippen LogP contribution < -0.4 is 0 Å². The summed E-state index contributed by atoms with van der Waals surface area (Å²) in [6.07, 6.45) is 0. The van der Waals surface area contributed by atoms with Crippen LogP contribution in [0.2, 0.25) is 0 Å². The fourth-order valence-electron chi connectivity index (χ4n) is 8.43. The third-order valence-electron chi connectivity index (χ3n) is 10.8. The molecule has 0 saturated carbocycles. The molecule has 0 atom stereocenters. The zero-order valence-electron chi connectivity index (χ0n) is 28.2. The van der Waals surface area contributed by atoms with Gasteiger partial charge in [0, 0.05) is 32.3 Å². The zero-order chi connectivity index (χ0) is 35.2. The fraction of sp³-hybridized carbons (Fsp3) is 0. The van der Waals surface area contributed by atoms with Crippen molar-refractivity contribution in [3.63, 3.8) is 0 Å². The van der Waals surface area contributed by atoms with Crippen molar-refractivity contribution >= 4 is 82.0 Å². The first-order valence-electron chi connectivity index (χ1n) is 17.5. The highest BCUT2D eigenvalue weighted by atomic mass is 16.3. The standard InChI is InChI=1S/C48H26N4O/c1-50-39-25-32(28-49)44(27-45(39)52-41-16-8-5-14-37(41)48-33-11-3-2-10-29(33)19-23-43(48)52)51-40-15-7-4-12-34(40)38-24-30(20-22-42(38)51)31-18-21-36-35-13-6-9-17-46(35)53-47(36)26-31/h2-27H. The van der Waals surface area contributed by atoms with E-state index in [2.05, 4.69) is 135 Å². The molecule has 0 aliphatic heterocycles. The first-order chi connectivity index (χ1) is 26.2. The summed E-state index contributed by atoms with van der Waals surface area (Å²) in [5.74, 6) is 0. The van der Waals surface area contributed by atoms with E-state index in [9.17, 15) is 5.26 Å². The summed E-state index contributed by atoms with van der Waals surface area (Å²) in [6.45, 7) is 8.29. The Morgan fingerprint density at radius 3 is 1.94 bits per heavy atom. The predicted molar refractivity (Wildman–Crippen MR) is 216 cm³/mol. The molecule has 0 spiro atoms. The number of hydrogen-bond acceptors (Lipinski definition) is 2. The summed E-state index contributed by atoms with van der Waals surface area (Å²) < 4.78 is 10.6. The van der Waals surface area contributed by atoms with Crippen LogP contribution in [0.15, 0.2) is 162 Å². The Morgan fingerprint density at radius 2 is 1.11 bits per heavy atom. The molecule has 244 valence electrons. The molecule has 3 heterocycles. The van der Waals surface area contributed by atoms with Gasteiger partial charge in [0.2, 0.25) is 5.69 Å². The van der Waals surface area contributed by atoms with E-state index in [1.54, 1.807) is 6.07 Å². The topological polar surface area (TPSA) is 51.1 Å². The number of fused-ring (bicyclic) bond motifs is 11. The summed E-state index contributed by atoms with van der Waals surface area (Å²) >= 11 is 0. The molecule has 0 radical (unpaired) electrons. The lowest BCUT2D eigenvalue weighted by molar-refractivity contribution is 0.669. The number of nitrogens with zero attached hydrogens (tertiary/aromatic N) is 4. The van der Waals surface area contributed by atoms with Crippen LogP contribution in [0.5, 0.6) is 0 Å². The van der Waals surface area contributed by atoms with E-state index in [4.69, 9.17) is 11.0 Å².